The summed E-state index contributed by atoms with van der Waals surface area (Å²) in [7, 11) is 11.3. The second-order valence-electron chi connectivity index (χ2n) is 6.77. The molecule has 0 radical (unpaired) electrons. The molecule has 180 valence electrons. The van der Waals surface area contributed by atoms with Gasteiger partial charge >= 0.3 is 11.9 Å². The lowest BCUT2D eigenvalue weighted by Crippen LogP contribution is -2.18. The lowest BCUT2D eigenvalue weighted by Gasteiger charge is -2.04. The van der Waals surface area contributed by atoms with Crippen LogP contribution in [0.4, 0.5) is 0 Å². The van der Waals surface area contributed by atoms with Gasteiger partial charge < -0.3 is 20.5 Å². The Labute approximate surface area is 205 Å². The molecular formula is C21H41B3N2O4S2. The maximum Gasteiger partial charge on any atom is 0.338 e. The maximum absolute atomic E-state index is 11.2. The summed E-state index contributed by atoms with van der Waals surface area (Å²) >= 11 is 0. The first-order valence-electron chi connectivity index (χ1n) is 11.4. The van der Waals surface area contributed by atoms with E-state index >= 15 is 0 Å². The second-order valence-corrected chi connectivity index (χ2v) is 9.47. The van der Waals surface area contributed by atoms with Crippen LogP contribution in [0.5, 0.6) is 0 Å². The zero-order valence-electron chi connectivity index (χ0n) is 20.6. The molecule has 1 aromatic carbocycles. The number of unbranched alkanes of at least 4 members (excludes halogenated alkanes) is 2. The predicted octanol–water partition coefficient (Wildman–Crippen LogP) is 2.13. The maximum atomic E-state index is 11.2. The molecule has 1 rings (SSSR count). The number of rotatable bonds is 14. The van der Waals surface area contributed by atoms with Gasteiger partial charge in [0.05, 0.1) is 47.3 Å². The number of benzene rings is 1. The first kappa shape index (κ1) is 33.1. The molecule has 32 heavy (non-hydrogen) atoms. The van der Waals surface area contributed by atoms with Crippen molar-refractivity contribution in [3.05, 3.63) is 35.4 Å². The predicted molar refractivity (Wildman–Crippen MR) is 149 cm³/mol. The Hall–Kier alpha value is -1.03. The standard InChI is InChI=1S/C10H10O4.C9H22N2S2.C2H9B3/c1-13-9(11)7-5-3-4-6-8(7)10(12)14-2;1-2-3-4-6-11-7-9-13-12-8-5-10;1-2-4-5-3/h3-6H,1-2H3;11H,2-10H2,1H3;4-5H,2-3H2,1H3. The van der Waals surface area contributed by atoms with E-state index in [-0.39, 0.29) is 11.1 Å². The van der Waals surface area contributed by atoms with Gasteiger partial charge in [0, 0.05) is 24.6 Å². The molecular weight excluding hydrogens is 441 g/mol. The largest absolute Gasteiger partial charge is 0.465 e. The molecule has 0 aliphatic heterocycles. The molecule has 0 aliphatic carbocycles. The van der Waals surface area contributed by atoms with E-state index in [0.29, 0.717) is 0 Å². The summed E-state index contributed by atoms with van der Waals surface area (Å²) < 4.78 is 9.05. The van der Waals surface area contributed by atoms with Gasteiger partial charge in [-0.05, 0) is 25.1 Å². The Kier molecular flexibility index (Phi) is 27.2. The number of nitrogens with two attached hydrogens (primary N) is 1. The van der Waals surface area contributed by atoms with E-state index in [9.17, 15) is 9.59 Å². The van der Waals surface area contributed by atoms with Crippen LogP contribution in [0.2, 0.25) is 6.32 Å². The van der Waals surface area contributed by atoms with Gasteiger partial charge in [0.15, 0.2) is 0 Å². The fourth-order valence-electron chi connectivity index (χ4n) is 2.32. The van der Waals surface area contributed by atoms with Gasteiger partial charge in [0.2, 0.25) is 0 Å². The molecule has 0 amide bonds. The van der Waals surface area contributed by atoms with Crippen molar-refractivity contribution >= 4 is 55.5 Å². The van der Waals surface area contributed by atoms with Crippen LogP contribution in [-0.2, 0) is 9.47 Å². The summed E-state index contributed by atoms with van der Waals surface area (Å²) in [6.07, 6.45) is 5.32. The van der Waals surface area contributed by atoms with E-state index in [0.717, 1.165) is 18.8 Å². The zero-order chi connectivity index (χ0) is 24.5. The Balaban J connectivity index is 0. The number of nitrogens with one attached hydrogen (secondary N) is 1. The first-order valence-corrected chi connectivity index (χ1v) is 13.9. The molecule has 0 aliphatic rings. The van der Waals surface area contributed by atoms with E-state index in [2.05, 4.69) is 36.4 Å². The van der Waals surface area contributed by atoms with E-state index < -0.39 is 11.9 Å². The van der Waals surface area contributed by atoms with Crippen molar-refractivity contribution in [2.24, 2.45) is 5.73 Å². The molecule has 0 heterocycles. The van der Waals surface area contributed by atoms with Crippen molar-refractivity contribution in [1.29, 1.82) is 0 Å². The van der Waals surface area contributed by atoms with Crippen LogP contribution in [0.15, 0.2) is 24.3 Å². The van der Waals surface area contributed by atoms with Crippen LogP contribution in [0.25, 0.3) is 0 Å². The zero-order valence-corrected chi connectivity index (χ0v) is 22.2. The van der Waals surface area contributed by atoms with Crippen molar-refractivity contribution in [3.8, 4) is 0 Å². The average molecular weight is 482 g/mol. The molecule has 0 atom stereocenters. The first-order chi connectivity index (χ1) is 15.5. The summed E-state index contributed by atoms with van der Waals surface area (Å²) in [5.41, 5.74) is 5.79. The molecule has 0 bridgehead atoms. The fraction of sp³-hybridized carbons (Fsp3) is 0.619. The lowest BCUT2D eigenvalue weighted by molar-refractivity contribution is 0.0555. The quantitative estimate of drug-likeness (QED) is 0.181. The summed E-state index contributed by atoms with van der Waals surface area (Å²) in [5, 5.41) is 3.43. The third-order valence-electron chi connectivity index (χ3n) is 4.05. The minimum absolute atomic E-state index is 0.210. The highest BCUT2D eigenvalue weighted by Crippen LogP contribution is 2.18. The van der Waals surface area contributed by atoms with Crippen molar-refractivity contribution in [1.82, 2.24) is 5.32 Å². The Morgan fingerprint density at radius 3 is 1.97 bits per heavy atom. The Morgan fingerprint density at radius 2 is 1.56 bits per heavy atom. The van der Waals surface area contributed by atoms with Crippen LogP contribution in [0.3, 0.4) is 0 Å². The van der Waals surface area contributed by atoms with Crippen LogP contribution in [-0.4, -0.2) is 79.3 Å². The van der Waals surface area contributed by atoms with Crippen LogP contribution >= 0.6 is 21.6 Å². The molecule has 0 unspecified atom stereocenters. The van der Waals surface area contributed by atoms with Crippen LogP contribution in [0, 0.1) is 0 Å². The monoisotopic (exact) mass is 482 g/mol. The molecule has 11 heteroatoms. The van der Waals surface area contributed by atoms with Gasteiger partial charge in [-0.2, -0.15) is 0 Å². The molecule has 0 saturated heterocycles. The minimum atomic E-state index is -0.550. The topological polar surface area (TPSA) is 90.6 Å². The number of hydrogen-bond acceptors (Lipinski definition) is 8. The summed E-state index contributed by atoms with van der Waals surface area (Å²) in [4.78, 5) is 22.4. The molecule has 1 aromatic rings. The Bertz CT molecular complexity index is 541. The van der Waals surface area contributed by atoms with Crippen LogP contribution < -0.4 is 11.1 Å². The van der Waals surface area contributed by atoms with Gasteiger partial charge in [0.1, 0.15) is 0 Å². The van der Waals surface area contributed by atoms with Crippen LogP contribution in [0.1, 0.15) is 53.8 Å². The highest BCUT2D eigenvalue weighted by molar-refractivity contribution is 8.76. The number of hydrogen-bond donors (Lipinski definition) is 2. The Morgan fingerprint density at radius 1 is 1.00 bits per heavy atom. The number of carbonyl (C=O) groups is 2. The molecule has 0 fully saturated rings. The molecule has 3 N–H and O–H groups in total. The van der Waals surface area contributed by atoms with Gasteiger partial charge in [0.25, 0.3) is 0 Å². The number of ether oxygens (including phenoxy) is 2. The third kappa shape index (κ3) is 19.6. The number of methoxy groups -OCH3 is 2. The SMILES string of the molecule is BBBCC.CCCCCNCCSSCCN.COC(=O)c1ccccc1C(=O)OC. The highest BCUT2D eigenvalue weighted by atomic mass is 33.1. The number of esters is 2. The highest BCUT2D eigenvalue weighted by Gasteiger charge is 2.16. The van der Waals surface area contributed by atoms with Gasteiger partial charge in [-0.3, -0.25) is 0 Å². The second kappa shape index (κ2) is 26.2. The average Bonchev–Trinajstić information content (AvgIpc) is 2.83. The minimum Gasteiger partial charge on any atom is -0.465 e. The van der Waals surface area contributed by atoms with Crippen molar-refractivity contribution < 1.29 is 19.1 Å². The van der Waals surface area contributed by atoms with Crippen molar-refractivity contribution in [3.63, 3.8) is 0 Å². The normalized spacial score (nSPS) is 9.41. The molecule has 0 aromatic heterocycles. The van der Waals surface area contributed by atoms with Gasteiger partial charge in [-0.15, -0.1) is 0 Å². The number of carbonyl (C=O) groups excluding carboxylic acids is 2. The fourth-order valence-corrected chi connectivity index (χ4v) is 4.12. The lowest BCUT2D eigenvalue weighted by atomic mass is 9.27. The molecule has 0 saturated carbocycles. The smallest absolute Gasteiger partial charge is 0.338 e. The van der Waals surface area contributed by atoms with E-state index in [4.69, 9.17) is 5.73 Å². The van der Waals surface area contributed by atoms with Crippen molar-refractivity contribution in [2.75, 3.05) is 45.4 Å². The third-order valence-corrected chi connectivity index (χ3v) is 6.49. The molecule has 6 nitrogen and oxygen atoms in total. The van der Waals surface area contributed by atoms with E-state index in [1.165, 1.54) is 78.5 Å². The molecule has 0 spiro atoms. The van der Waals surface area contributed by atoms with Gasteiger partial charge in [-0.25, -0.2) is 9.59 Å². The van der Waals surface area contributed by atoms with E-state index in [1.54, 1.807) is 12.1 Å². The van der Waals surface area contributed by atoms with Gasteiger partial charge in [-0.1, -0.05) is 66.7 Å². The summed E-state index contributed by atoms with van der Waals surface area (Å²) in [6, 6.07) is 6.33. The van der Waals surface area contributed by atoms with E-state index in [1.807, 2.05) is 21.6 Å². The summed E-state index contributed by atoms with van der Waals surface area (Å²) in [5.74, 6) is 1.16. The summed E-state index contributed by atoms with van der Waals surface area (Å²) in [6.45, 7) is 7.55. The van der Waals surface area contributed by atoms with Crippen molar-refractivity contribution in [2.45, 2.75) is 39.4 Å².